The molecule has 0 bridgehead atoms. The van der Waals surface area contributed by atoms with Gasteiger partial charge in [0.1, 0.15) is 0 Å². The highest BCUT2D eigenvalue weighted by Gasteiger charge is 2.30. The van der Waals surface area contributed by atoms with Gasteiger partial charge in [0.15, 0.2) is 0 Å². The number of hydrogen-bond acceptors (Lipinski definition) is 3. The van der Waals surface area contributed by atoms with Crippen molar-refractivity contribution in [1.82, 2.24) is 4.90 Å². The fourth-order valence-electron chi connectivity index (χ4n) is 1.44. The second-order valence-corrected chi connectivity index (χ2v) is 4.93. The first-order valence-corrected chi connectivity index (χ1v) is 6.43. The van der Waals surface area contributed by atoms with E-state index >= 15 is 0 Å². The summed E-state index contributed by atoms with van der Waals surface area (Å²) < 4.78 is 0. The van der Waals surface area contributed by atoms with Crippen LogP contribution in [0.1, 0.15) is 26.7 Å². The first-order chi connectivity index (χ1) is 6.65. The second kappa shape index (κ2) is 5.61. The molecule has 3 nitrogen and oxygen atoms in total. The van der Waals surface area contributed by atoms with Gasteiger partial charge in [-0.3, -0.25) is 4.79 Å². The van der Waals surface area contributed by atoms with Crippen molar-refractivity contribution in [2.24, 2.45) is 5.73 Å². The van der Waals surface area contributed by atoms with Crippen LogP contribution in [0.5, 0.6) is 0 Å². The topological polar surface area (TPSA) is 46.3 Å². The summed E-state index contributed by atoms with van der Waals surface area (Å²) in [5, 5.41) is 0. The third-order valence-electron chi connectivity index (χ3n) is 2.25. The van der Waals surface area contributed by atoms with Crippen LogP contribution < -0.4 is 5.73 Å². The molecule has 0 aromatic rings. The maximum absolute atomic E-state index is 11.7. The van der Waals surface area contributed by atoms with Gasteiger partial charge in [-0.2, -0.15) is 11.8 Å². The fourth-order valence-corrected chi connectivity index (χ4v) is 2.27. The van der Waals surface area contributed by atoms with Crippen LogP contribution in [0, 0.1) is 0 Å². The van der Waals surface area contributed by atoms with E-state index in [1.807, 2.05) is 18.7 Å². The van der Waals surface area contributed by atoms with Gasteiger partial charge in [0, 0.05) is 24.4 Å². The molecule has 1 aliphatic carbocycles. The number of amides is 1. The lowest BCUT2D eigenvalue weighted by Gasteiger charge is -2.20. The molecule has 1 saturated carbocycles. The lowest BCUT2D eigenvalue weighted by molar-refractivity contribution is -0.128. The summed E-state index contributed by atoms with van der Waals surface area (Å²) in [6, 6.07) is 0.729. The van der Waals surface area contributed by atoms with E-state index in [0.29, 0.717) is 11.8 Å². The number of carbonyl (C=O) groups excluding carboxylic acids is 1. The van der Waals surface area contributed by atoms with Crippen LogP contribution in [0.4, 0.5) is 0 Å². The third-order valence-corrected chi connectivity index (χ3v) is 3.47. The van der Waals surface area contributed by atoms with Crippen LogP contribution in [0.15, 0.2) is 0 Å². The van der Waals surface area contributed by atoms with Gasteiger partial charge in [-0.05, 0) is 26.7 Å². The van der Waals surface area contributed by atoms with Gasteiger partial charge in [-0.1, -0.05) is 0 Å². The molecule has 0 spiro atoms. The summed E-state index contributed by atoms with van der Waals surface area (Å²) in [5.41, 5.74) is 5.61. The van der Waals surface area contributed by atoms with E-state index in [4.69, 9.17) is 5.73 Å². The standard InChI is InChI=1S/C10H20N2OS/c1-3-12(9-4-5-9)10(13)7-14-6-8(2)11/h8-9H,3-7,11H2,1-2H3. The Morgan fingerprint density at radius 3 is 2.71 bits per heavy atom. The Hall–Kier alpha value is -0.220. The molecule has 0 heterocycles. The van der Waals surface area contributed by atoms with E-state index in [1.165, 1.54) is 12.8 Å². The predicted octanol–water partition coefficient (Wildman–Crippen LogP) is 1.08. The second-order valence-electron chi connectivity index (χ2n) is 3.90. The van der Waals surface area contributed by atoms with Crippen LogP contribution in [0.25, 0.3) is 0 Å². The monoisotopic (exact) mass is 216 g/mol. The molecule has 0 radical (unpaired) electrons. The highest BCUT2D eigenvalue weighted by atomic mass is 32.2. The van der Waals surface area contributed by atoms with Gasteiger partial charge in [0.25, 0.3) is 0 Å². The first kappa shape index (κ1) is 11.9. The molecular weight excluding hydrogens is 196 g/mol. The van der Waals surface area contributed by atoms with Crippen LogP contribution in [-0.2, 0) is 4.79 Å². The zero-order chi connectivity index (χ0) is 10.6. The van der Waals surface area contributed by atoms with Crippen LogP contribution >= 0.6 is 11.8 Å². The molecule has 1 atom stereocenters. The molecule has 2 N–H and O–H groups in total. The summed E-state index contributed by atoms with van der Waals surface area (Å²) in [6.45, 7) is 4.87. The number of carbonyl (C=O) groups is 1. The molecule has 0 saturated heterocycles. The van der Waals surface area contributed by atoms with Crippen molar-refractivity contribution in [1.29, 1.82) is 0 Å². The quantitative estimate of drug-likeness (QED) is 0.722. The van der Waals surface area contributed by atoms with Gasteiger partial charge in [0.05, 0.1) is 5.75 Å². The molecule has 0 aromatic heterocycles. The van der Waals surface area contributed by atoms with E-state index in [0.717, 1.165) is 12.3 Å². The Bertz CT molecular complexity index is 193. The Balaban J connectivity index is 2.18. The van der Waals surface area contributed by atoms with Gasteiger partial charge in [-0.25, -0.2) is 0 Å². The summed E-state index contributed by atoms with van der Waals surface area (Å²) in [6.07, 6.45) is 2.38. The fraction of sp³-hybridized carbons (Fsp3) is 0.900. The minimum atomic E-state index is 0.184. The molecule has 4 heteroatoms. The summed E-state index contributed by atoms with van der Waals surface area (Å²) >= 11 is 1.64. The molecule has 1 rings (SSSR count). The Morgan fingerprint density at radius 2 is 2.29 bits per heavy atom. The number of rotatable bonds is 6. The van der Waals surface area contributed by atoms with Crippen LogP contribution in [-0.4, -0.2) is 40.9 Å². The minimum absolute atomic E-state index is 0.184. The maximum atomic E-state index is 11.7. The highest BCUT2D eigenvalue weighted by Crippen LogP contribution is 2.27. The number of nitrogens with two attached hydrogens (primary N) is 1. The predicted molar refractivity (Wildman–Crippen MR) is 61.4 cm³/mol. The SMILES string of the molecule is CCN(C(=O)CSCC(C)N)C1CC1. The van der Waals surface area contributed by atoms with Crippen molar-refractivity contribution in [3.8, 4) is 0 Å². The summed E-state index contributed by atoms with van der Waals surface area (Å²) in [4.78, 5) is 13.7. The van der Waals surface area contributed by atoms with Gasteiger partial charge in [-0.15, -0.1) is 0 Å². The van der Waals surface area contributed by atoms with E-state index in [9.17, 15) is 4.79 Å². The van der Waals surface area contributed by atoms with Crippen molar-refractivity contribution in [2.75, 3.05) is 18.1 Å². The van der Waals surface area contributed by atoms with Crippen molar-refractivity contribution in [3.63, 3.8) is 0 Å². The normalized spacial score (nSPS) is 17.9. The van der Waals surface area contributed by atoms with Crippen LogP contribution in [0.3, 0.4) is 0 Å². The maximum Gasteiger partial charge on any atom is 0.232 e. The molecule has 14 heavy (non-hydrogen) atoms. The highest BCUT2D eigenvalue weighted by molar-refractivity contribution is 7.99. The zero-order valence-corrected chi connectivity index (χ0v) is 9.85. The largest absolute Gasteiger partial charge is 0.339 e. The molecule has 1 unspecified atom stereocenters. The number of thioether (sulfide) groups is 1. The van der Waals surface area contributed by atoms with Gasteiger partial charge < -0.3 is 10.6 Å². The molecule has 0 aromatic carbocycles. The first-order valence-electron chi connectivity index (χ1n) is 5.28. The Labute approximate surface area is 90.4 Å². The van der Waals surface area contributed by atoms with Crippen molar-refractivity contribution in [3.05, 3.63) is 0 Å². The van der Waals surface area contributed by atoms with Gasteiger partial charge >= 0.3 is 0 Å². The lowest BCUT2D eigenvalue weighted by Crippen LogP contribution is -2.34. The average molecular weight is 216 g/mol. The van der Waals surface area contributed by atoms with Crippen molar-refractivity contribution < 1.29 is 4.79 Å². The Morgan fingerprint density at radius 1 is 1.64 bits per heavy atom. The third kappa shape index (κ3) is 3.88. The van der Waals surface area contributed by atoms with Crippen molar-refractivity contribution in [2.45, 2.75) is 38.8 Å². The smallest absolute Gasteiger partial charge is 0.232 e. The van der Waals surface area contributed by atoms with E-state index in [2.05, 4.69) is 0 Å². The molecule has 1 fully saturated rings. The molecule has 82 valence electrons. The zero-order valence-electron chi connectivity index (χ0n) is 9.03. The van der Waals surface area contributed by atoms with Crippen molar-refractivity contribution >= 4 is 17.7 Å². The van der Waals surface area contributed by atoms with E-state index in [-0.39, 0.29) is 11.9 Å². The van der Waals surface area contributed by atoms with Crippen LogP contribution in [0.2, 0.25) is 0 Å². The number of nitrogens with zero attached hydrogens (tertiary/aromatic N) is 1. The molecule has 0 aliphatic heterocycles. The molecule has 1 amide bonds. The molecular formula is C10H20N2OS. The van der Waals surface area contributed by atoms with E-state index < -0.39 is 0 Å². The van der Waals surface area contributed by atoms with Gasteiger partial charge in [0.2, 0.25) is 5.91 Å². The molecule has 1 aliphatic rings. The summed E-state index contributed by atoms with van der Waals surface area (Å²) in [5.74, 6) is 1.74. The average Bonchev–Trinajstić information content (AvgIpc) is 2.89. The minimum Gasteiger partial charge on any atom is -0.339 e. The summed E-state index contributed by atoms with van der Waals surface area (Å²) in [7, 11) is 0. The van der Waals surface area contributed by atoms with E-state index in [1.54, 1.807) is 11.8 Å². The number of hydrogen-bond donors (Lipinski definition) is 1. The Kier molecular flexibility index (Phi) is 4.75. The lowest BCUT2D eigenvalue weighted by atomic mass is 10.4.